The zero-order chi connectivity index (χ0) is 12.8. The third-order valence-electron chi connectivity index (χ3n) is 2.44. The minimum atomic E-state index is -0.498. The van der Waals surface area contributed by atoms with Crippen LogP contribution >= 0.6 is 0 Å². The van der Waals surface area contributed by atoms with Gasteiger partial charge < -0.3 is 5.32 Å². The number of ketones is 1. The van der Waals surface area contributed by atoms with E-state index >= 15 is 0 Å². The molecule has 5 nitrogen and oxygen atoms in total. The third-order valence-corrected chi connectivity index (χ3v) is 2.44. The van der Waals surface area contributed by atoms with Crippen LogP contribution in [0.5, 0.6) is 0 Å². The number of hydrogen-bond donors (Lipinski definition) is 1. The van der Waals surface area contributed by atoms with E-state index in [0.717, 1.165) is 19.4 Å². The molecule has 0 aliphatic carbocycles. The van der Waals surface area contributed by atoms with Crippen molar-refractivity contribution in [1.29, 1.82) is 0 Å². The molecular weight excluding hydrogens is 220 g/mol. The number of nitrogens with zero attached hydrogens (tertiary/aromatic N) is 1. The Hall–Kier alpha value is -1.91. The van der Waals surface area contributed by atoms with Gasteiger partial charge >= 0.3 is 0 Å². The number of non-ortho nitro benzene ring substituents is 1. The first-order valence-electron chi connectivity index (χ1n) is 5.59. The zero-order valence-corrected chi connectivity index (χ0v) is 10.0. The molecule has 0 saturated carbocycles. The average Bonchev–Trinajstić information content (AvgIpc) is 2.29. The molecule has 5 heteroatoms. The molecule has 0 unspecified atom stereocenters. The summed E-state index contributed by atoms with van der Waals surface area (Å²) in [4.78, 5) is 21.5. The Morgan fingerprint density at radius 2 is 2.18 bits per heavy atom. The summed E-state index contributed by atoms with van der Waals surface area (Å²) in [6.07, 6.45) is 2.05. The van der Waals surface area contributed by atoms with Gasteiger partial charge in [0.05, 0.1) is 4.92 Å². The van der Waals surface area contributed by atoms with Gasteiger partial charge in [-0.05, 0) is 19.4 Å². The van der Waals surface area contributed by atoms with Gasteiger partial charge in [0.15, 0.2) is 5.78 Å². The second-order valence-corrected chi connectivity index (χ2v) is 3.82. The van der Waals surface area contributed by atoms with Gasteiger partial charge in [-0.25, -0.2) is 0 Å². The second-order valence-electron chi connectivity index (χ2n) is 3.82. The highest BCUT2D eigenvalue weighted by molar-refractivity contribution is 6.00. The molecule has 0 heterocycles. The van der Waals surface area contributed by atoms with Crippen molar-refractivity contribution < 1.29 is 9.72 Å². The molecule has 0 bridgehead atoms. The summed E-state index contributed by atoms with van der Waals surface area (Å²) >= 11 is 0. The van der Waals surface area contributed by atoms with Crippen molar-refractivity contribution in [3.63, 3.8) is 0 Å². The Bertz CT molecular complexity index is 430. The summed E-state index contributed by atoms with van der Waals surface area (Å²) in [5.74, 6) is -0.173. The lowest BCUT2D eigenvalue weighted by Gasteiger charge is -2.09. The van der Waals surface area contributed by atoms with Crippen LogP contribution in [0.3, 0.4) is 0 Å². The van der Waals surface area contributed by atoms with Crippen molar-refractivity contribution >= 4 is 17.2 Å². The van der Waals surface area contributed by atoms with Crippen LogP contribution in [-0.2, 0) is 0 Å². The van der Waals surface area contributed by atoms with Gasteiger partial charge in [0.1, 0.15) is 0 Å². The molecule has 0 saturated heterocycles. The monoisotopic (exact) mass is 236 g/mol. The molecule has 17 heavy (non-hydrogen) atoms. The first-order chi connectivity index (χ1) is 8.06. The standard InChI is InChI=1S/C12H16N2O3/c1-3-4-7-13-12-6-5-10(14(16)17)8-11(12)9(2)15/h5-6,8,13H,3-4,7H2,1-2H3. The molecule has 0 radical (unpaired) electrons. The summed E-state index contributed by atoms with van der Waals surface area (Å²) in [7, 11) is 0. The van der Waals surface area contributed by atoms with Crippen LogP contribution in [0, 0.1) is 10.1 Å². The molecule has 0 atom stereocenters. The number of unbranched alkanes of at least 4 members (excludes halogenated alkanes) is 1. The fourth-order valence-electron chi connectivity index (χ4n) is 1.49. The Morgan fingerprint density at radius 3 is 2.71 bits per heavy atom. The number of nitrogens with one attached hydrogen (secondary N) is 1. The highest BCUT2D eigenvalue weighted by atomic mass is 16.6. The van der Waals surface area contributed by atoms with Gasteiger partial charge in [0.25, 0.3) is 5.69 Å². The van der Waals surface area contributed by atoms with Gasteiger partial charge in [-0.15, -0.1) is 0 Å². The fourth-order valence-corrected chi connectivity index (χ4v) is 1.49. The van der Waals surface area contributed by atoms with Crippen LogP contribution in [0.1, 0.15) is 37.0 Å². The maximum absolute atomic E-state index is 11.4. The van der Waals surface area contributed by atoms with E-state index in [1.165, 1.54) is 19.1 Å². The van der Waals surface area contributed by atoms with Crippen molar-refractivity contribution in [2.45, 2.75) is 26.7 Å². The van der Waals surface area contributed by atoms with Crippen LogP contribution in [0.2, 0.25) is 0 Å². The van der Waals surface area contributed by atoms with Crippen molar-refractivity contribution in [2.75, 3.05) is 11.9 Å². The number of anilines is 1. The molecule has 92 valence electrons. The van der Waals surface area contributed by atoms with Gasteiger partial charge in [-0.1, -0.05) is 13.3 Å². The lowest BCUT2D eigenvalue weighted by atomic mass is 10.1. The Kier molecular flexibility index (Phi) is 4.63. The molecule has 1 rings (SSSR count). The Labute approximate surface area is 100.0 Å². The number of nitro benzene ring substituents is 1. The maximum Gasteiger partial charge on any atom is 0.270 e. The average molecular weight is 236 g/mol. The summed E-state index contributed by atoms with van der Waals surface area (Å²) in [6, 6.07) is 4.31. The van der Waals surface area contributed by atoms with Crippen LogP contribution < -0.4 is 5.32 Å². The zero-order valence-electron chi connectivity index (χ0n) is 10.0. The predicted molar refractivity (Wildman–Crippen MR) is 66.5 cm³/mol. The van der Waals surface area contributed by atoms with Gasteiger partial charge in [0.2, 0.25) is 0 Å². The fraction of sp³-hybridized carbons (Fsp3) is 0.417. The lowest BCUT2D eigenvalue weighted by Crippen LogP contribution is -2.06. The summed E-state index contributed by atoms with van der Waals surface area (Å²) in [5, 5.41) is 13.7. The normalized spacial score (nSPS) is 10.0. The number of benzene rings is 1. The van der Waals surface area contributed by atoms with Crippen molar-refractivity contribution in [2.24, 2.45) is 0 Å². The van der Waals surface area contributed by atoms with Crippen LogP contribution in [-0.4, -0.2) is 17.3 Å². The molecule has 1 N–H and O–H groups in total. The highest BCUT2D eigenvalue weighted by Crippen LogP contribution is 2.22. The SMILES string of the molecule is CCCCNc1ccc([N+](=O)[O-])cc1C(C)=O. The molecule has 0 fully saturated rings. The molecule has 0 aliphatic rings. The largest absolute Gasteiger partial charge is 0.384 e. The molecular formula is C12H16N2O3. The summed E-state index contributed by atoms with van der Waals surface area (Å²) < 4.78 is 0. The first kappa shape index (κ1) is 13.2. The summed E-state index contributed by atoms with van der Waals surface area (Å²) in [6.45, 7) is 4.24. The topological polar surface area (TPSA) is 72.2 Å². The van der Waals surface area contributed by atoms with E-state index in [9.17, 15) is 14.9 Å². The van der Waals surface area contributed by atoms with E-state index < -0.39 is 4.92 Å². The van der Waals surface area contributed by atoms with Crippen molar-refractivity contribution in [3.8, 4) is 0 Å². The van der Waals surface area contributed by atoms with E-state index in [4.69, 9.17) is 0 Å². The minimum Gasteiger partial charge on any atom is -0.384 e. The Morgan fingerprint density at radius 1 is 1.47 bits per heavy atom. The number of carbonyl (C=O) groups is 1. The lowest BCUT2D eigenvalue weighted by molar-refractivity contribution is -0.384. The van der Waals surface area contributed by atoms with E-state index in [0.29, 0.717) is 11.3 Å². The highest BCUT2D eigenvalue weighted by Gasteiger charge is 2.13. The number of rotatable bonds is 6. The molecule has 1 aromatic rings. The maximum atomic E-state index is 11.4. The van der Waals surface area contributed by atoms with E-state index in [-0.39, 0.29) is 11.5 Å². The van der Waals surface area contributed by atoms with Crippen LogP contribution in [0.25, 0.3) is 0 Å². The van der Waals surface area contributed by atoms with Crippen LogP contribution in [0.4, 0.5) is 11.4 Å². The minimum absolute atomic E-state index is 0.0590. The second kappa shape index (κ2) is 5.98. The molecule has 0 spiro atoms. The molecule has 0 aromatic heterocycles. The van der Waals surface area contributed by atoms with Crippen molar-refractivity contribution in [3.05, 3.63) is 33.9 Å². The van der Waals surface area contributed by atoms with E-state index in [2.05, 4.69) is 12.2 Å². The summed E-state index contributed by atoms with van der Waals surface area (Å²) in [5.41, 5.74) is 0.975. The molecule has 0 amide bonds. The molecule has 0 aliphatic heterocycles. The Balaban J connectivity index is 2.96. The number of carbonyl (C=O) groups excluding carboxylic acids is 1. The van der Waals surface area contributed by atoms with Crippen LogP contribution in [0.15, 0.2) is 18.2 Å². The van der Waals surface area contributed by atoms with Gasteiger partial charge in [-0.2, -0.15) is 0 Å². The first-order valence-corrected chi connectivity index (χ1v) is 5.59. The molecule has 1 aromatic carbocycles. The van der Waals surface area contributed by atoms with E-state index in [1.807, 2.05) is 0 Å². The number of nitro groups is 1. The number of hydrogen-bond acceptors (Lipinski definition) is 4. The van der Waals surface area contributed by atoms with Gasteiger partial charge in [0, 0.05) is 29.9 Å². The smallest absolute Gasteiger partial charge is 0.270 e. The predicted octanol–water partition coefficient (Wildman–Crippen LogP) is 3.01. The van der Waals surface area contributed by atoms with Crippen molar-refractivity contribution in [1.82, 2.24) is 0 Å². The number of Topliss-reactive ketones (excluding diaryl/α,β-unsaturated/α-hetero) is 1. The quantitative estimate of drug-likeness (QED) is 0.356. The van der Waals surface area contributed by atoms with E-state index in [1.54, 1.807) is 6.07 Å². The third kappa shape index (κ3) is 3.55. The van der Waals surface area contributed by atoms with Gasteiger partial charge in [-0.3, -0.25) is 14.9 Å².